The molecule has 1 aliphatic heterocycles. The van der Waals surface area contributed by atoms with Crippen molar-refractivity contribution in [3.63, 3.8) is 0 Å². The maximum absolute atomic E-state index is 12.9. The molecule has 23 heavy (non-hydrogen) atoms. The second-order valence-electron chi connectivity index (χ2n) is 5.41. The number of alkyl halides is 3. The number of allylic oxidation sites excluding steroid dienone is 2. The Kier molecular flexibility index (Phi) is 3.09. The van der Waals surface area contributed by atoms with E-state index in [1.54, 1.807) is 12.1 Å². The quantitative estimate of drug-likeness (QED) is 0.865. The van der Waals surface area contributed by atoms with Crippen LogP contribution in [0.4, 0.5) is 19.1 Å². The first-order chi connectivity index (χ1) is 10.9. The minimum absolute atomic E-state index is 0.0316. The van der Waals surface area contributed by atoms with Crippen LogP contribution in [0.1, 0.15) is 36.0 Å². The molecule has 0 saturated carbocycles. The summed E-state index contributed by atoms with van der Waals surface area (Å²) in [7, 11) is 0. The molecular formula is C14H11F3N4OS. The van der Waals surface area contributed by atoms with Gasteiger partial charge in [-0.2, -0.15) is 18.2 Å². The number of aromatic nitrogens is 3. The molecule has 0 fully saturated rings. The number of carbonyl (C=O) groups is 1. The number of anilines is 1. The molecule has 0 radical (unpaired) electrons. The Morgan fingerprint density at radius 3 is 2.87 bits per heavy atom. The predicted octanol–water partition coefficient (Wildman–Crippen LogP) is 3.38. The number of Topliss-reactive ketones (excluding diaryl/α,β-unsaturated/α-hetero) is 1. The number of hydrogen-bond donors (Lipinski definition) is 1. The van der Waals surface area contributed by atoms with E-state index < -0.39 is 18.0 Å². The van der Waals surface area contributed by atoms with Crippen LogP contribution in [0.2, 0.25) is 0 Å². The van der Waals surface area contributed by atoms with E-state index >= 15 is 0 Å². The number of fused-ring (bicyclic) bond motifs is 1. The normalized spacial score (nSPS) is 21.0. The average molecular weight is 340 g/mol. The number of nitrogens with zero attached hydrogens (tertiary/aromatic N) is 3. The molecule has 0 aromatic carbocycles. The fourth-order valence-corrected chi connectivity index (χ4v) is 3.80. The molecule has 0 spiro atoms. The average Bonchev–Trinajstić information content (AvgIpc) is 3.14. The largest absolute Gasteiger partial charge is 0.453 e. The van der Waals surface area contributed by atoms with Crippen molar-refractivity contribution in [1.29, 1.82) is 0 Å². The van der Waals surface area contributed by atoms with Crippen molar-refractivity contribution in [3.05, 3.63) is 39.5 Å². The standard InChI is InChI=1S/C14H11F3N4OS/c15-14(16,17)12-19-13-18-7-3-1-4-8(22)10(7)11(21(13)20-12)9-5-2-6-23-9/h2,5-6,11H,1,3-4H2,(H,18,19,20)/t11-/m0/s1. The highest BCUT2D eigenvalue weighted by Gasteiger charge is 2.42. The molecule has 120 valence electrons. The molecule has 4 rings (SSSR count). The third kappa shape index (κ3) is 2.26. The minimum Gasteiger partial charge on any atom is -0.328 e. The lowest BCUT2D eigenvalue weighted by Crippen LogP contribution is -2.31. The first kappa shape index (κ1) is 14.4. The molecule has 2 aliphatic rings. The van der Waals surface area contributed by atoms with Gasteiger partial charge in [-0.3, -0.25) is 4.79 Å². The predicted molar refractivity (Wildman–Crippen MR) is 77.0 cm³/mol. The van der Waals surface area contributed by atoms with Crippen LogP contribution in [0.5, 0.6) is 0 Å². The van der Waals surface area contributed by atoms with Crippen LogP contribution < -0.4 is 5.32 Å². The first-order valence-electron chi connectivity index (χ1n) is 7.05. The van der Waals surface area contributed by atoms with Gasteiger partial charge in [0.15, 0.2) is 5.78 Å². The van der Waals surface area contributed by atoms with Crippen LogP contribution in [0.25, 0.3) is 0 Å². The van der Waals surface area contributed by atoms with Gasteiger partial charge in [-0.25, -0.2) is 4.68 Å². The van der Waals surface area contributed by atoms with Crippen molar-refractivity contribution in [3.8, 4) is 0 Å². The topological polar surface area (TPSA) is 59.8 Å². The number of nitrogens with one attached hydrogen (secondary N) is 1. The summed E-state index contributed by atoms with van der Waals surface area (Å²) in [4.78, 5) is 16.7. The van der Waals surface area contributed by atoms with Crippen molar-refractivity contribution >= 4 is 23.1 Å². The zero-order valence-corrected chi connectivity index (χ0v) is 12.5. The summed E-state index contributed by atoms with van der Waals surface area (Å²) >= 11 is 1.38. The van der Waals surface area contributed by atoms with Crippen molar-refractivity contribution in [2.45, 2.75) is 31.5 Å². The van der Waals surface area contributed by atoms with Gasteiger partial charge in [-0.1, -0.05) is 6.07 Å². The van der Waals surface area contributed by atoms with E-state index in [-0.39, 0.29) is 11.7 Å². The first-order valence-corrected chi connectivity index (χ1v) is 7.93. The number of ketones is 1. The van der Waals surface area contributed by atoms with Crippen LogP contribution in [-0.4, -0.2) is 20.5 Å². The number of halogens is 3. The Bertz CT molecular complexity index is 807. The number of carbonyl (C=O) groups excluding carboxylic acids is 1. The molecule has 0 saturated heterocycles. The van der Waals surface area contributed by atoms with Gasteiger partial charge in [-0.15, -0.1) is 16.4 Å². The van der Waals surface area contributed by atoms with E-state index in [1.807, 2.05) is 5.38 Å². The third-order valence-corrected chi connectivity index (χ3v) is 4.86. The van der Waals surface area contributed by atoms with Gasteiger partial charge < -0.3 is 5.32 Å². The summed E-state index contributed by atoms with van der Waals surface area (Å²) < 4.78 is 40.0. The molecule has 1 atom stereocenters. The van der Waals surface area contributed by atoms with Gasteiger partial charge in [0.25, 0.3) is 5.82 Å². The number of thiophene rings is 1. The molecule has 2 aromatic heterocycles. The highest BCUT2D eigenvalue weighted by atomic mass is 32.1. The van der Waals surface area contributed by atoms with E-state index in [0.29, 0.717) is 30.5 Å². The molecule has 0 unspecified atom stereocenters. The fourth-order valence-electron chi connectivity index (χ4n) is 2.99. The van der Waals surface area contributed by atoms with E-state index in [4.69, 9.17) is 0 Å². The van der Waals surface area contributed by atoms with Crippen molar-refractivity contribution in [2.24, 2.45) is 0 Å². The Labute approximate surface area is 132 Å². The SMILES string of the molecule is O=C1CCCC2=C1[C@H](c1cccs1)n1nc(C(F)(F)F)nc1N2. The molecule has 2 aromatic rings. The maximum Gasteiger partial charge on any atom is 0.453 e. The zero-order valence-electron chi connectivity index (χ0n) is 11.7. The van der Waals surface area contributed by atoms with Crippen molar-refractivity contribution in [2.75, 3.05) is 5.32 Å². The highest BCUT2D eigenvalue weighted by molar-refractivity contribution is 7.10. The molecule has 3 heterocycles. The lowest BCUT2D eigenvalue weighted by Gasteiger charge is -2.31. The molecular weight excluding hydrogens is 329 g/mol. The number of hydrogen-bond acceptors (Lipinski definition) is 5. The van der Waals surface area contributed by atoms with E-state index in [1.165, 1.54) is 16.0 Å². The van der Waals surface area contributed by atoms with Crippen LogP contribution in [0.3, 0.4) is 0 Å². The van der Waals surface area contributed by atoms with Gasteiger partial charge in [0, 0.05) is 22.6 Å². The fraction of sp³-hybridized carbons (Fsp3) is 0.357. The second-order valence-corrected chi connectivity index (χ2v) is 6.39. The van der Waals surface area contributed by atoms with Gasteiger partial charge in [-0.05, 0) is 24.3 Å². The molecule has 5 nitrogen and oxygen atoms in total. The van der Waals surface area contributed by atoms with Gasteiger partial charge >= 0.3 is 6.18 Å². The Morgan fingerprint density at radius 2 is 2.17 bits per heavy atom. The Morgan fingerprint density at radius 1 is 1.35 bits per heavy atom. The van der Waals surface area contributed by atoms with Gasteiger partial charge in [0.05, 0.1) is 0 Å². The molecule has 0 bridgehead atoms. The van der Waals surface area contributed by atoms with E-state index in [9.17, 15) is 18.0 Å². The third-order valence-electron chi connectivity index (χ3n) is 3.93. The Balaban J connectivity index is 1.90. The molecule has 1 aliphatic carbocycles. The summed E-state index contributed by atoms with van der Waals surface area (Å²) in [6.07, 6.45) is -2.92. The van der Waals surface area contributed by atoms with Crippen LogP contribution in [-0.2, 0) is 11.0 Å². The minimum atomic E-state index is -4.63. The highest BCUT2D eigenvalue weighted by Crippen LogP contribution is 2.42. The van der Waals surface area contributed by atoms with E-state index in [2.05, 4.69) is 15.4 Å². The van der Waals surface area contributed by atoms with Gasteiger partial charge in [0.2, 0.25) is 5.95 Å². The van der Waals surface area contributed by atoms with Crippen LogP contribution in [0.15, 0.2) is 28.8 Å². The van der Waals surface area contributed by atoms with Crippen molar-refractivity contribution < 1.29 is 18.0 Å². The lowest BCUT2D eigenvalue weighted by molar-refractivity contribution is -0.145. The Hall–Kier alpha value is -2.16. The lowest BCUT2D eigenvalue weighted by atomic mass is 9.88. The van der Waals surface area contributed by atoms with Gasteiger partial charge in [0.1, 0.15) is 6.04 Å². The van der Waals surface area contributed by atoms with E-state index in [0.717, 1.165) is 4.88 Å². The summed E-state index contributed by atoms with van der Waals surface area (Å²) in [5.41, 5.74) is 1.16. The summed E-state index contributed by atoms with van der Waals surface area (Å²) in [5, 5.41) is 8.32. The summed E-state index contributed by atoms with van der Waals surface area (Å²) in [6.45, 7) is 0. The molecule has 1 N–H and O–H groups in total. The second kappa shape index (κ2) is 4.92. The number of rotatable bonds is 1. The van der Waals surface area contributed by atoms with Crippen LogP contribution >= 0.6 is 11.3 Å². The monoisotopic (exact) mass is 340 g/mol. The molecule has 9 heteroatoms. The zero-order chi connectivity index (χ0) is 16.2. The van der Waals surface area contributed by atoms with Crippen LogP contribution in [0, 0.1) is 0 Å². The summed E-state index contributed by atoms with van der Waals surface area (Å²) in [6, 6.07) is 2.96. The smallest absolute Gasteiger partial charge is 0.328 e. The summed E-state index contributed by atoms with van der Waals surface area (Å²) in [5.74, 6) is -1.22. The maximum atomic E-state index is 12.9. The molecule has 0 amide bonds. The van der Waals surface area contributed by atoms with Crippen molar-refractivity contribution in [1.82, 2.24) is 14.8 Å².